The van der Waals surface area contributed by atoms with Gasteiger partial charge in [0.2, 0.25) is 0 Å². The van der Waals surface area contributed by atoms with Crippen molar-refractivity contribution in [1.29, 1.82) is 0 Å². The molecular formula is C9H4Cl2F4O2. The van der Waals surface area contributed by atoms with E-state index in [0.717, 1.165) is 6.07 Å². The van der Waals surface area contributed by atoms with E-state index >= 15 is 0 Å². The second kappa shape index (κ2) is 5.10. The van der Waals surface area contributed by atoms with Crippen LogP contribution in [-0.4, -0.2) is 18.8 Å². The monoisotopic (exact) mass is 290 g/mol. The van der Waals surface area contributed by atoms with Crippen LogP contribution in [0.3, 0.4) is 0 Å². The van der Waals surface area contributed by atoms with Crippen molar-refractivity contribution in [2.45, 2.75) is 6.18 Å². The first-order valence-corrected chi connectivity index (χ1v) is 4.84. The molecule has 0 fully saturated rings. The molecule has 94 valence electrons. The van der Waals surface area contributed by atoms with E-state index in [2.05, 4.69) is 4.74 Å². The van der Waals surface area contributed by atoms with E-state index in [1.165, 1.54) is 0 Å². The van der Waals surface area contributed by atoms with E-state index in [4.69, 9.17) is 23.2 Å². The van der Waals surface area contributed by atoms with E-state index in [1.54, 1.807) is 0 Å². The molecule has 0 saturated carbocycles. The molecular weight excluding hydrogens is 287 g/mol. The molecule has 1 aromatic rings. The number of alkyl halides is 3. The largest absolute Gasteiger partial charge is 0.452 e. The number of halogens is 6. The Labute approximate surface area is 103 Å². The molecule has 1 rings (SSSR count). The Hall–Kier alpha value is -1.01. The summed E-state index contributed by atoms with van der Waals surface area (Å²) in [6.07, 6.45) is -4.66. The van der Waals surface area contributed by atoms with Crippen LogP contribution < -0.4 is 0 Å². The summed E-state index contributed by atoms with van der Waals surface area (Å²) >= 11 is 10.9. The van der Waals surface area contributed by atoms with Crippen LogP contribution in [0.4, 0.5) is 17.6 Å². The molecule has 0 unspecified atom stereocenters. The fourth-order valence-corrected chi connectivity index (χ4v) is 1.36. The Balaban J connectivity index is 2.86. The first-order chi connectivity index (χ1) is 7.70. The second-order valence-corrected chi connectivity index (χ2v) is 3.75. The third-order valence-corrected chi connectivity index (χ3v) is 2.20. The van der Waals surface area contributed by atoms with Gasteiger partial charge < -0.3 is 4.74 Å². The summed E-state index contributed by atoms with van der Waals surface area (Å²) in [4.78, 5) is 11.2. The van der Waals surface area contributed by atoms with Crippen LogP contribution in [0.5, 0.6) is 0 Å². The van der Waals surface area contributed by atoms with Crippen molar-refractivity contribution in [3.63, 3.8) is 0 Å². The number of ether oxygens (including phenoxy) is 1. The molecule has 0 bridgehead atoms. The van der Waals surface area contributed by atoms with Crippen molar-refractivity contribution in [1.82, 2.24) is 0 Å². The summed E-state index contributed by atoms with van der Waals surface area (Å²) in [6, 6.07) is 1.52. The predicted molar refractivity (Wildman–Crippen MR) is 52.8 cm³/mol. The quantitative estimate of drug-likeness (QED) is 0.470. The van der Waals surface area contributed by atoms with Gasteiger partial charge in [-0.2, -0.15) is 13.2 Å². The number of rotatable bonds is 2. The second-order valence-electron chi connectivity index (χ2n) is 2.94. The normalized spacial score (nSPS) is 11.4. The molecule has 0 atom stereocenters. The Morgan fingerprint density at radius 1 is 1.24 bits per heavy atom. The minimum absolute atomic E-state index is 0.288. The number of benzene rings is 1. The summed E-state index contributed by atoms with van der Waals surface area (Å²) in [5.41, 5.74) is -0.516. The summed E-state index contributed by atoms with van der Waals surface area (Å²) in [6.45, 7) is -1.77. The molecule has 1 aromatic carbocycles. The van der Waals surface area contributed by atoms with Crippen molar-refractivity contribution in [2.24, 2.45) is 0 Å². The molecule has 8 heteroatoms. The lowest BCUT2D eigenvalue weighted by molar-refractivity contribution is -0.161. The fourth-order valence-electron chi connectivity index (χ4n) is 0.904. The standard InChI is InChI=1S/C9H4Cl2F4O2/c10-5-2-6(11)7(12)1-4(5)8(16)17-3-9(13,14)15/h1-2H,3H2. The summed E-state index contributed by atoms with van der Waals surface area (Å²) in [5.74, 6) is -2.35. The predicted octanol–water partition coefficient (Wildman–Crippen LogP) is 3.85. The molecule has 0 aliphatic carbocycles. The maximum absolute atomic E-state index is 13.0. The highest BCUT2D eigenvalue weighted by atomic mass is 35.5. The van der Waals surface area contributed by atoms with Gasteiger partial charge in [-0.25, -0.2) is 9.18 Å². The first-order valence-electron chi connectivity index (χ1n) is 4.09. The van der Waals surface area contributed by atoms with Gasteiger partial charge in [0, 0.05) is 0 Å². The zero-order chi connectivity index (χ0) is 13.2. The van der Waals surface area contributed by atoms with Crippen LogP contribution >= 0.6 is 23.2 Å². The van der Waals surface area contributed by atoms with Crippen LogP contribution in [0, 0.1) is 5.82 Å². The molecule has 2 nitrogen and oxygen atoms in total. The van der Waals surface area contributed by atoms with Gasteiger partial charge in [-0.15, -0.1) is 0 Å². The Morgan fingerprint density at radius 2 is 1.82 bits per heavy atom. The van der Waals surface area contributed by atoms with E-state index < -0.39 is 30.1 Å². The van der Waals surface area contributed by atoms with Gasteiger partial charge >= 0.3 is 12.1 Å². The van der Waals surface area contributed by atoms with Crippen LogP contribution in [-0.2, 0) is 4.74 Å². The van der Waals surface area contributed by atoms with Crippen molar-refractivity contribution in [3.05, 3.63) is 33.6 Å². The lowest BCUT2D eigenvalue weighted by atomic mass is 10.2. The van der Waals surface area contributed by atoms with Crippen molar-refractivity contribution in [2.75, 3.05) is 6.61 Å². The Bertz CT molecular complexity index is 445. The molecule has 0 saturated heterocycles. The molecule has 0 N–H and O–H groups in total. The summed E-state index contributed by atoms with van der Waals surface area (Å²) in [7, 11) is 0. The highest BCUT2D eigenvalue weighted by Crippen LogP contribution is 2.25. The average Bonchev–Trinajstić information content (AvgIpc) is 2.19. The molecule has 0 spiro atoms. The zero-order valence-electron chi connectivity index (χ0n) is 7.95. The lowest BCUT2D eigenvalue weighted by Crippen LogP contribution is -2.20. The first kappa shape index (κ1) is 14.1. The fraction of sp³-hybridized carbons (Fsp3) is 0.222. The lowest BCUT2D eigenvalue weighted by Gasteiger charge is -2.09. The smallest absolute Gasteiger partial charge is 0.422 e. The van der Waals surface area contributed by atoms with E-state index in [9.17, 15) is 22.4 Å². The van der Waals surface area contributed by atoms with E-state index in [0.29, 0.717) is 6.07 Å². The van der Waals surface area contributed by atoms with Gasteiger partial charge in [-0.3, -0.25) is 0 Å². The third kappa shape index (κ3) is 4.05. The van der Waals surface area contributed by atoms with E-state index in [1.807, 2.05) is 0 Å². The molecule has 0 aliphatic rings. The summed E-state index contributed by atoms with van der Waals surface area (Å²) in [5, 5.41) is -0.633. The van der Waals surface area contributed by atoms with Gasteiger partial charge in [-0.05, 0) is 12.1 Å². The SMILES string of the molecule is O=C(OCC(F)(F)F)c1cc(F)c(Cl)cc1Cl. The molecule has 0 heterocycles. The molecule has 17 heavy (non-hydrogen) atoms. The van der Waals surface area contributed by atoms with Gasteiger partial charge in [-0.1, -0.05) is 23.2 Å². The Morgan fingerprint density at radius 3 is 2.35 bits per heavy atom. The third-order valence-electron chi connectivity index (χ3n) is 1.60. The van der Waals surface area contributed by atoms with Crippen LogP contribution in [0.2, 0.25) is 10.0 Å². The molecule has 0 radical (unpaired) electrons. The molecule has 0 aliphatic heterocycles. The Kier molecular flexibility index (Phi) is 4.21. The minimum atomic E-state index is -4.66. The van der Waals surface area contributed by atoms with Crippen molar-refractivity contribution < 1.29 is 27.1 Å². The van der Waals surface area contributed by atoms with Gasteiger partial charge in [0.05, 0.1) is 15.6 Å². The number of carbonyl (C=O) groups excluding carboxylic acids is 1. The minimum Gasteiger partial charge on any atom is -0.452 e. The number of carbonyl (C=O) groups is 1. The highest BCUT2D eigenvalue weighted by Gasteiger charge is 2.30. The maximum atomic E-state index is 13.0. The number of hydrogen-bond donors (Lipinski definition) is 0. The van der Waals surface area contributed by atoms with Crippen LogP contribution in [0.1, 0.15) is 10.4 Å². The van der Waals surface area contributed by atoms with Crippen molar-refractivity contribution in [3.8, 4) is 0 Å². The van der Waals surface area contributed by atoms with Gasteiger partial charge in [0.15, 0.2) is 6.61 Å². The zero-order valence-corrected chi connectivity index (χ0v) is 9.46. The number of hydrogen-bond acceptors (Lipinski definition) is 2. The van der Waals surface area contributed by atoms with Gasteiger partial charge in [0.1, 0.15) is 5.82 Å². The average molecular weight is 291 g/mol. The van der Waals surface area contributed by atoms with Crippen LogP contribution in [0.15, 0.2) is 12.1 Å². The maximum Gasteiger partial charge on any atom is 0.422 e. The topological polar surface area (TPSA) is 26.3 Å². The highest BCUT2D eigenvalue weighted by molar-refractivity contribution is 6.36. The van der Waals surface area contributed by atoms with Crippen LogP contribution in [0.25, 0.3) is 0 Å². The van der Waals surface area contributed by atoms with Crippen molar-refractivity contribution >= 4 is 29.2 Å². The van der Waals surface area contributed by atoms with Gasteiger partial charge in [0.25, 0.3) is 0 Å². The summed E-state index contributed by atoms with van der Waals surface area (Å²) < 4.78 is 52.2. The number of esters is 1. The molecule has 0 aromatic heterocycles. The molecule has 0 amide bonds. The van der Waals surface area contributed by atoms with E-state index in [-0.39, 0.29) is 10.0 Å².